The molecule has 1 saturated heterocycles. The predicted molar refractivity (Wildman–Crippen MR) is 96.3 cm³/mol. The number of carbonyl (C=O) groups is 3. The number of benzene rings is 2. The molecule has 144 valence electrons. The molecule has 0 radical (unpaired) electrons. The maximum Gasteiger partial charge on any atom is 0.325 e. The van der Waals surface area contributed by atoms with Gasteiger partial charge < -0.3 is 10.6 Å². The Labute approximate surface area is 159 Å². The van der Waals surface area contributed by atoms with E-state index in [-0.39, 0.29) is 5.69 Å². The number of carbonyl (C=O) groups excluding carboxylic acids is 3. The molecule has 28 heavy (non-hydrogen) atoms. The summed E-state index contributed by atoms with van der Waals surface area (Å²) >= 11 is 0. The normalized spacial score (nSPS) is 20.9. The molecular weight excluding hydrogens is 368 g/mol. The molecule has 4 rings (SSSR count). The lowest BCUT2D eigenvalue weighted by Crippen LogP contribution is -2.47. The minimum absolute atomic E-state index is 0.352. The molecule has 1 aliphatic heterocycles. The van der Waals surface area contributed by atoms with E-state index in [1.165, 1.54) is 0 Å². The largest absolute Gasteiger partial charge is 0.325 e. The van der Waals surface area contributed by atoms with Crippen LogP contribution in [0.4, 0.5) is 19.3 Å². The summed E-state index contributed by atoms with van der Waals surface area (Å²) < 4.78 is 27.0. The maximum atomic E-state index is 13.7. The molecule has 0 aromatic heterocycles. The number of hydrogen-bond donors (Lipinski definition) is 2. The molecule has 6 nitrogen and oxygen atoms in total. The van der Waals surface area contributed by atoms with Gasteiger partial charge in [0.2, 0.25) is 5.91 Å². The molecule has 8 heteroatoms. The first-order valence-corrected chi connectivity index (χ1v) is 8.88. The van der Waals surface area contributed by atoms with Crippen LogP contribution >= 0.6 is 0 Å². The zero-order valence-corrected chi connectivity index (χ0v) is 14.8. The van der Waals surface area contributed by atoms with Gasteiger partial charge in [0.25, 0.3) is 5.91 Å². The Morgan fingerprint density at radius 3 is 2.79 bits per heavy atom. The average Bonchev–Trinajstić information content (AvgIpc) is 2.90. The number of anilines is 1. The molecule has 0 unspecified atom stereocenters. The third-order valence-corrected chi connectivity index (χ3v) is 5.15. The van der Waals surface area contributed by atoms with Crippen molar-refractivity contribution < 1.29 is 23.2 Å². The number of imide groups is 1. The number of nitrogens with zero attached hydrogens (tertiary/aromatic N) is 1. The Bertz CT molecular complexity index is 994. The molecule has 2 aromatic carbocycles. The van der Waals surface area contributed by atoms with Gasteiger partial charge in [-0.25, -0.2) is 13.6 Å². The van der Waals surface area contributed by atoms with Gasteiger partial charge in [-0.1, -0.05) is 24.3 Å². The quantitative estimate of drug-likeness (QED) is 0.798. The standard InChI is InChI=1S/C20H17F2N3O3/c21-13-7-8-15(22)16(10-13)23-17(26)11-25-18(27)20(24-19(25)28)9-3-5-12-4-1-2-6-14(12)20/h1-2,4,6-8,10H,3,5,9,11H2,(H,23,26)(H,24,28)/t20-/m0/s1. The second-order valence-electron chi connectivity index (χ2n) is 6.91. The first kappa shape index (κ1) is 18.1. The minimum Gasteiger partial charge on any atom is -0.322 e. The van der Waals surface area contributed by atoms with E-state index in [0.29, 0.717) is 6.42 Å². The van der Waals surface area contributed by atoms with Gasteiger partial charge in [0.05, 0.1) is 5.69 Å². The van der Waals surface area contributed by atoms with Crippen LogP contribution in [0.25, 0.3) is 0 Å². The second-order valence-corrected chi connectivity index (χ2v) is 6.91. The van der Waals surface area contributed by atoms with Crippen LogP contribution < -0.4 is 10.6 Å². The monoisotopic (exact) mass is 385 g/mol. The van der Waals surface area contributed by atoms with Crippen LogP contribution in [0.1, 0.15) is 24.0 Å². The van der Waals surface area contributed by atoms with Crippen LogP contribution in [0.2, 0.25) is 0 Å². The molecule has 2 aliphatic rings. The Morgan fingerprint density at radius 1 is 1.18 bits per heavy atom. The van der Waals surface area contributed by atoms with E-state index in [0.717, 1.165) is 47.1 Å². The van der Waals surface area contributed by atoms with Crippen LogP contribution in [0.5, 0.6) is 0 Å². The lowest BCUT2D eigenvalue weighted by Gasteiger charge is -2.33. The minimum atomic E-state index is -1.18. The fourth-order valence-corrected chi connectivity index (χ4v) is 3.88. The van der Waals surface area contributed by atoms with Crippen molar-refractivity contribution in [2.45, 2.75) is 24.8 Å². The highest BCUT2D eigenvalue weighted by Crippen LogP contribution is 2.39. The molecule has 1 atom stereocenters. The van der Waals surface area contributed by atoms with E-state index in [1.807, 2.05) is 12.1 Å². The van der Waals surface area contributed by atoms with Gasteiger partial charge in [-0.15, -0.1) is 0 Å². The number of fused-ring (bicyclic) bond motifs is 2. The third kappa shape index (κ3) is 2.90. The van der Waals surface area contributed by atoms with E-state index >= 15 is 0 Å². The highest BCUT2D eigenvalue weighted by Gasteiger charge is 2.54. The average molecular weight is 385 g/mol. The molecule has 1 aliphatic carbocycles. The van der Waals surface area contributed by atoms with Gasteiger partial charge in [0.15, 0.2) is 0 Å². The highest BCUT2D eigenvalue weighted by atomic mass is 19.1. The Balaban J connectivity index is 1.56. The molecule has 1 spiro atoms. The van der Waals surface area contributed by atoms with Gasteiger partial charge in [0, 0.05) is 6.07 Å². The summed E-state index contributed by atoms with van der Waals surface area (Å²) in [6.45, 7) is -0.593. The third-order valence-electron chi connectivity index (χ3n) is 5.15. The topological polar surface area (TPSA) is 78.5 Å². The summed E-state index contributed by atoms with van der Waals surface area (Å²) in [7, 11) is 0. The van der Waals surface area contributed by atoms with Gasteiger partial charge in [-0.05, 0) is 42.5 Å². The number of hydrogen-bond acceptors (Lipinski definition) is 3. The predicted octanol–water partition coefficient (Wildman–Crippen LogP) is 2.69. The summed E-state index contributed by atoms with van der Waals surface area (Å²) in [6.07, 6.45) is 1.96. The fraction of sp³-hybridized carbons (Fsp3) is 0.250. The summed E-state index contributed by atoms with van der Waals surface area (Å²) in [5, 5.41) is 4.94. The van der Waals surface area contributed by atoms with Crippen LogP contribution in [-0.4, -0.2) is 29.3 Å². The van der Waals surface area contributed by atoms with Crippen molar-refractivity contribution in [2.75, 3.05) is 11.9 Å². The van der Waals surface area contributed by atoms with Crippen LogP contribution in [0, 0.1) is 11.6 Å². The summed E-state index contributed by atoms with van der Waals surface area (Å²) in [5.41, 5.74) is 0.181. The van der Waals surface area contributed by atoms with Crippen molar-refractivity contribution in [3.05, 3.63) is 65.2 Å². The number of rotatable bonds is 3. The number of nitrogens with one attached hydrogen (secondary N) is 2. The van der Waals surface area contributed by atoms with Crippen molar-refractivity contribution >= 4 is 23.5 Å². The first-order valence-electron chi connectivity index (χ1n) is 8.88. The van der Waals surface area contributed by atoms with Crippen molar-refractivity contribution in [3.8, 4) is 0 Å². The number of amides is 4. The molecule has 0 saturated carbocycles. The Morgan fingerprint density at radius 2 is 1.96 bits per heavy atom. The lowest BCUT2D eigenvalue weighted by atomic mass is 9.76. The van der Waals surface area contributed by atoms with Crippen molar-refractivity contribution in [1.82, 2.24) is 10.2 Å². The summed E-state index contributed by atoms with van der Waals surface area (Å²) in [5.74, 6) is -2.84. The first-order chi connectivity index (χ1) is 13.4. The van der Waals surface area contributed by atoms with Crippen LogP contribution in [-0.2, 0) is 21.5 Å². The Kier molecular flexibility index (Phi) is 4.33. The smallest absolute Gasteiger partial charge is 0.322 e. The summed E-state index contributed by atoms with van der Waals surface area (Å²) in [6, 6.07) is 9.34. The van der Waals surface area contributed by atoms with E-state index in [9.17, 15) is 23.2 Å². The van der Waals surface area contributed by atoms with E-state index in [1.54, 1.807) is 12.1 Å². The van der Waals surface area contributed by atoms with E-state index in [4.69, 9.17) is 0 Å². The lowest BCUT2D eigenvalue weighted by molar-refractivity contribution is -0.134. The maximum absolute atomic E-state index is 13.7. The highest BCUT2D eigenvalue weighted by molar-refractivity contribution is 6.10. The Hall–Kier alpha value is -3.29. The molecule has 1 fully saturated rings. The SMILES string of the molecule is O=C(CN1C(=O)N[C@]2(CCCc3ccccc32)C1=O)Nc1cc(F)ccc1F. The van der Waals surface area contributed by atoms with Gasteiger partial charge >= 0.3 is 6.03 Å². The second kappa shape index (κ2) is 6.70. The molecule has 4 amide bonds. The number of aryl methyl sites for hydroxylation is 1. The van der Waals surface area contributed by atoms with Crippen LogP contribution in [0.15, 0.2) is 42.5 Å². The molecule has 2 aromatic rings. The van der Waals surface area contributed by atoms with Gasteiger partial charge in [-0.2, -0.15) is 0 Å². The van der Waals surface area contributed by atoms with Gasteiger partial charge in [-0.3, -0.25) is 14.5 Å². The zero-order valence-electron chi connectivity index (χ0n) is 14.8. The fourth-order valence-electron chi connectivity index (χ4n) is 3.88. The molecule has 0 bridgehead atoms. The van der Waals surface area contributed by atoms with Crippen molar-refractivity contribution in [3.63, 3.8) is 0 Å². The molecule has 1 heterocycles. The van der Waals surface area contributed by atoms with E-state index < -0.39 is 41.6 Å². The van der Waals surface area contributed by atoms with Crippen molar-refractivity contribution in [2.24, 2.45) is 0 Å². The molecular formula is C20H17F2N3O3. The van der Waals surface area contributed by atoms with Crippen molar-refractivity contribution in [1.29, 1.82) is 0 Å². The zero-order chi connectivity index (χ0) is 19.9. The number of urea groups is 1. The molecule has 2 N–H and O–H groups in total. The summed E-state index contributed by atoms with van der Waals surface area (Å²) in [4.78, 5) is 38.6. The number of halogens is 2. The van der Waals surface area contributed by atoms with E-state index in [2.05, 4.69) is 10.6 Å². The van der Waals surface area contributed by atoms with Crippen LogP contribution in [0.3, 0.4) is 0 Å². The van der Waals surface area contributed by atoms with Gasteiger partial charge in [0.1, 0.15) is 23.7 Å².